The number of amides is 2. The van der Waals surface area contributed by atoms with Crippen molar-refractivity contribution in [2.75, 3.05) is 6.54 Å². The summed E-state index contributed by atoms with van der Waals surface area (Å²) in [7, 11) is 0. The van der Waals surface area contributed by atoms with E-state index in [2.05, 4.69) is 0 Å². The second-order valence-corrected chi connectivity index (χ2v) is 4.99. The zero-order valence-electron chi connectivity index (χ0n) is 12.6. The molecule has 9 heteroatoms. The third-order valence-electron chi connectivity index (χ3n) is 3.36. The summed E-state index contributed by atoms with van der Waals surface area (Å²) in [6, 6.07) is 5.37. The van der Waals surface area contributed by atoms with E-state index in [0.29, 0.717) is 5.56 Å². The third-order valence-corrected chi connectivity index (χ3v) is 3.36. The summed E-state index contributed by atoms with van der Waals surface area (Å²) >= 11 is 0. The molecular weight excluding hydrogens is 306 g/mol. The Hall–Kier alpha value is -2.97. The van der Waals surface area contributed by atoms with Crippen molar-refractivity contribution in [3.63, 3.8) is 0 Å². The number of non-ortho nitro benzene ring substituents is 1. The van der Waals surface area contributed by atoms with E-state index in [4.69, 9.17) is 4.84 Å². The van der Waals surface area contributed by atoms with Gasteiger partial charge in [-0.3, -0.25) is 24.5 Å². The number of carbonyl (C=O) groups excluding carboxylic acids is 3. The van der Waals surface area contributed by atoms with E-state index < -0.39 is 23.0 Å². The Morgan fingerprint density at radius 1 is 1.26 bits per heavy atom. The number of nitro benzene ring substituents is 1. The molecule has 0 N–H and O–H groups in total. The van der Waals surface area contributed by atoms with Crippen LogP contribution in [0.3, 0.4) is 0 Å². The molecule has 0 bridgehead atoms. The minimum atomic E-state index is -0.946. The smallest absolute Gasteiger partial charge is 0.329 e. The zero-order chi connectivity index (χ0) is 17.1. The SMILES string of the molecule is CC(=O)ON1C(=O)CCN(C(C)=O)C1c1ccc([N+](=O)[O-])cc1. The Kier molecular flexibility index (Phi) is 4.58. The Morgan fingerprint density at radius 2 is 1.87 bits per heavy atom. The highest BCUT2D eigenvalue weighted by Gasteiger charge is 2.39. The van der Waals surface area contributed by atoms with Crippen molar-refractivity contribution in [2.45, 2.75) is 26.4 Å². The molecule has 0 aliphatic carbocycles. The van der Waals surface area contributed by atoms with Crippen molar-refractivity contribution in [2.24, 2.45) is 0 Å². The highest BCUT2D eigenvalue weighted by atomic mass is 16.7. The quantitative estimate of drug-likeness (QED) is 0.610. The van der Waals surface area contributed by atoms with Crippen molar-refractivity contribution < 1.29 is 24.1 Å². The van der Waals surface area contributed by atoms with Crippen molar-refractivity contribution in [3.8, 4) is 0 Å². The number of hydrogen-bond acceptors (Lipinski definition) is 6. The van der Waals surface area contributed by atoms with Gasteiger partial charge in [0.25, 0.3) is 11.6 Å². The van der Waals surface area contributed by atoms with Crippen LogP contribution in [0.5, 0.6) is 0 Å². The van der Waals surface area contributed by atoms with Gasteiger partial charge in [-0.2, -0.15) is 0 Å². The van der Waals surface area contributed by atoms with Crippen molar-refractivity contribution >= 4 is 23.5 Å². The second kappa shape index (κ2) is 6.42. The van der Waals surface area contributed by atoms with Gasteiger partial charge in [-0.25, -0.2) is 0 Å². The topological polar surface area (TPSA) is 110 Å². The predicted molar refractivity (Wildman–Crippen MR) is 76.5 cm³/mol. The van der Waals surface area contributed by atoms with Gasteiger partial charge in [0, 0.05) is 38.9 Å². The maximum absolute atomic E-state index is 12.1. The van der Waals surface area contributed by atoms with Crippen LogP contribution in [0.1, 0.15) is 32.0 Å². The van der Waals surface area contributed by atoms with Crippen LogP contribution in [0.15, 0.2) is 24.3 Å². The summed E-state index contributed by atoms with van der Waals surface area (Å²) in [6.07, 6.45) is -0.922. The number of rotatable bonds is 3. The van der Waals surface area contributed by atoms with Crippen LogP contribution in [0.2, 0.25) is 0 Å². The molecule has 1 fully saturated rings. The molecule has 2 amide bonds. The monoisotopic (exact) mass is 321 g/mol. The van der Waals surface area contributed by atoms with E-state index in [-0.39, 0.29) is 24.6 Å². The van der Waals surface area contributed by atoms with Crippen LogP contribution >= 0.6 is 0 Å². The Morgan fingerprint density at radius 3 is 2.35 bits per heavy atom. The molecule has 2 rings (SSSR count). The number of carbonyl (C=O) groups is 3. The number of nitro groups is 1. The Bertz CT molecular complexity index is 657. The van der Waals surface area contributed by atoms with Crippen LogP contribution < -0.4 is 0 Å². The van der Waals surface area contributed by atoms with Crippen molar-refractivity contribution in [1.29, 1.82) is 0 Å². The first-order valence-corrected chi connectivity index (χ1v) is 6.83. The molecule has 1 aliphatic heterocycles. The van der Waals surface area contributed by atoms with Gasteiger partial charge in [-0.15, -0.1) is 5.06 Å². The maximum atomic E-state index is 12.1. The van der Waals surface area contributed by atoms with Crippen molar-refractivity contribution in [3.05, 3.63) is 39.9 Å². The van der Waals surface area contributed by atoms with Gasteiger partial charge in [0.1, 0.15) is 0 Å². The van der Waals surface area contributed by atoms with E-state index >= 15 is 0 Å². The van der Waals surface area contributed by atoms with E-state index in [9.17, 15) is 24.5 Å². The lowest BCUT2D eigenvalue weighted by Gasteiger charge is -2.41. The van der Waals surface area contributed by atoms with Gasteiger partial charge in [0.15, 0.2) is 6.17 Å². The minimum absolute atomic E-state index is 0.0241. The summed E-state index contributed by atoms with van der Waals surface area (Å²) in [5, 5.41) is 11.6. The molecule has 9 nitrogen and oxygen atoms in total. The van der Waals surface area contributed by atoms with E-state index in [1.165, 1.54) is 36.1 Å². The standard InChI is InChI=1S/C14H15N3O6/c1-9(18)15-8-7-13(20)16(23-10(2)19)14(15)11-3-5-12(6-4-11)17(21)22/h3-6,14H,7-8H2,1-2H3. The molecule has 1 aromatic rings. The molecule has 23 heavy (non-hydrogen) atoms. The van der Waals surface area contributed by atoms with Gasteiger partial charge in [0.05, 0.1) is 4.92 Å². The fourth-order valence-electron chi connectivity index (χ4n) is 2.36. The first kappa shape index (κ1) is 16.4. The van der Waals surface area contributed by atoms with E-state index in [0.717, 1.165) is 12.0 Å². The molecule has 0 spiro atoms. The Balaban J connectivity index is 2.43. The lowest BCUT2D eigenvalue weighted by atomic mass is 10.1. The van der Waals surface area contributed by atoms with Gasteiger partial charge < -0.3 is 9.74 Å². The predicted octanol–water partition coefficient (Wildman–Crippen LogP) is 1.15. The molecule has 1 saturated heterocycles. The average Bonchev–Trinajstić information content (AvgIpc) is 2.48. The van der Waals surface area contributed by atoms with E-state index in [1.807, 2.05) is 0 Å². The molecule has 1 aromatic carbocycles. The van der Waals surface area contributed by atoms with Gasteiger partial charge in [-0.1, -0.05) is 0 Å². The summed E-state index contributed by atoms with van der Waals surface area (Å²) < 4.78 is 0. The highest BCUT2D eigenvalue weighted by molar-refractivity contribution is 5.82. The molecular formula is C14H15N3O6. The van der Waals surface area contributed by atoms with Crippen LogP contribution in [0.25, 0.3) is 0 Å². The fraction of sp³-hybridized carbons (Fsp3) is 0.357. The second-order valence-electron chi connectivity index (χ2n) is 4.99. The molecule has 1 heterocycles. The average molecular weight is 321 g/mol. The number of hydrogen-bond donors (Lipinski definition) is 0. The number of nitrogens with zero attached hydrogens (tertiary/aromatic N) is 3. The number of hydroxylamine groups is 2. The maximum Gasteiger partial charge on any atom is 0.329 e. The summed E-state index contributed by atoms with van der Waals surface area (Å²) in [4.78, 5) is 51.6. The molecule has 1 atom stereocenters. The van der Waals surface area contributed by atoms with Crippen LogP contribution in [0, 0.1) is 10.1 Å². The normalized spacial score (nSPS) is 17.8. The third kappa shape index (κ3) is 3.44. The molecule has 0 saturated carbocycles. The van der Waals surface area contributed by atoms with Gasteiger partial charge in [0.2, 0.25) is 5.91 Å². The molecule has 1 unspecified atom stereocenters. The molecule has 1 aliphatic rings. The summed E-state index contributed by atoms with van der Waals surface area (Å²) in [6.45, 7) is 2.65. The van der Waals surface area contributed by atoms with Crippen molar-refractivity contribution in [1.82, 2.24) is 9.96 Å². The molecule has 122 valence electrons. The first-order chi connectivity index (χ1) is 10.8. The fourth-order valence-corrected chi connectivity index (χ4v) is 2.36. The summed E-state index contributed by atoms with van der Waals surface area (Å²) in [5.74, 6) is -1.45. The van der Waals surface area contributed by atoms with Crippen LogP contribution in [-0.2, 0) is 19.2 Å². The Labute approximate surface area is 131 Å². The lowest BCUT2D eigenvalue weighted by molar-refractivity contribution is -0.384. The van der Waals surface area contributed by atoms with Gasteiger partial charge >= 0.3 is 5.97 Å². The van der Waals surface area contributed by atoms with Crippen LogP contribution in [-0.4, -0.2) is 39.2 Å². The largest absolute Gasteiger partial charge is 0.336 e. The highest BCUT2D eigenvalue weighted by Crippen LogP contribution is 2.31. The first-order valence-electron chi connectivity index (χ1n) is 6.83. The zero-order valence-corrected chi connectivity index (χ0v) is 12.6. The summed E-state index contributed by atoms with van der Waals surface area (Å²) in [5.41, 5.74) is 0.310. The van der Waals surface area contributed by atoms with Crippen LogP contribution in [0.4, 0.5) is 5.69 Å². The van der Waals surface area contributed by atoms with E-state index in [1.54, 1.807) is 0 Å². The lowest BCUT2D eigenvalue weighted by Crippen LogP contribution is -2.52. The molecule has 0 radical (unpaired) electrons. The van der Waals surface area contributed by atoms with Gasteiger partial charge in [-0.05, 0) is 17.7 Å². The minimum Gasteiger partial charge on any atom is -0.336 e. The molecule has 0 aromatic heterocycles. The number of benzene rings is 1.